The summed E-state index contributed by atoms with van der Waals surface area (Å²) in [5.41, 5.74) is 10.1. The van der Waals surface area contributed by atoms with Gasteiger partial charge in [0.2, 0.25) is 0 Å². The van der Waals surface area contributed by atoms with Gasteiger partial charge in [0.1, 0.15) is 5.82 Å². The SMILES string of the molecule is CCc1cccc(-c2cc(N)nc(-c3ccccc3)n2)c1. The molecule has 0 atom stereocenters. The Balaban J connectivity index is 2.09. The third-order valence-electron chi connectivity index (χ3n) is 3.41. The molecule has 3 rings (SSSR count). The summed E-state index contributed by atoms with van der Waals surface area (Å²) >= 11 is 0. The normalized spacial score (nSPS) is 10.5. The van der Waals surface area contributed by atoms with E-state index in [0.29, 0.717) is 11.6 Å². The van der Waals surface area contributed by atoms with Gasteiger partial charge in [-0.15, -0.1) is 0 Å². The first-order chi connectivity index (χ1) is 10.3. The predicted octanol–water partition coefficient (Wildman–Crippen LogP) is 3.96. The van der Waals surface area contributed by atoms with E-state index in [0.717, 1.165) is 23.2 Å². The van der Waals surface area contributed by atoms with Crippen molar-refractivity contribution in [2.24, 2.45) is 0 Å². The summed E-state index contributed by atoms with van der Waals surface area (Å²) in [7, 11) is 0. The fourth-order valence-corrected chi connectivity index (χ4v) is 2.28. The Morgan fingerprint density at radius 3 is 2.38 bits per heavy atom. The van der Waals surface area contributed by atoms with E-state index in [1.165, 1.54) is 5.56 Å². The molecular formula is C18H17N3. The van der Waals surface area contributed by atoms with E-state index in [4.69, 9.17) is 5.73 Å². The van der Waals surface area contributed by atoms with Crippen LogP contribution in [0.15, 0.2) is 60.7 Å². The summed E-state index contributed by atoms with van der Waals surface area (Å²) in [6.07, 6.45) is 1.000. The van der Waals surface area contributed by atoms with Crippen molar-refractivity contribution in [3.8, 4) is 22.6 Å². The number of nitrogens with two attached hydrogens (primary N) is 1. The lowest BCUT2D eigenvalue weighted by atomic mass is 10.1. The van der Waals surface area contributed by atoms with Gasteiger partial charge in [0.05, 0.1) is 5.69 Å². The molecule has 3 heteroatoms. The van der Waals surface area contributed by atoms with Crippen LogP contribution in [0.5, 0.6) is 0 Å². The van der Waals surface area contributed by atoms with Crippen molar-refractivity contribution in [3.63, 3.8) is 0 Å². The minimum Gasteiger partial charge on any atom is -0.384 e. The number of benzene rings is 2. The Kier molecular flexibility index (Phi) is 3.65. The molecule has 0 saturated heterocycles. The molecule has 21 heavy (non-hydrogen) atoms. The maximum Gasteiger partial charge on any atom is 0.162 e. The molecule has 0 radical (unpaired) electrons. The van der Waals surface area contributed by atoms with E-state index in [1.807, 2.05) is 36.4 Å². The Morgan fingerprint density at radius 1 is 0.857 bits per heavy atom. The van der Waals surface area contributed by atoms with Crippen LogP contribution in [-0.4, -0.2) is 9.97 Å². The minimum atomic E-state index is 0.487. The standard InChI is InChI=1S/C18H17N3/c1-2-13-7-6-10-15(11-13)16-12-17(19)21-18(20-16)14-8-4-3-5-9-14/h3-12H,2H2,1H3,(H2,19,20,21). The smallest absolute Gasteiger partial charge is 0.162 e. The van der Waals surface area contributed by atoms with Gasteiger partial charge in [-0.3, -0.25) is 0 Å². The maximum absolute atomic E-state index is 5.95. The van der Waals surface area contributed by atoms with Crippen LogP contribution in [0.1, 0.15) is 12.5 Å². The highest BCUT2D eigenvalue weighted by Gasteiger charge is 2.07. The van der Waals surface area contributed by atoms with E-state index in [-0.39, 0.29) is 0 Å². The zero-order valence-corrected chi connectivity index (χ0v) is 12.0. The molecular weight excluding hydrogens is 258 g/mol. The van der Waals surface area contributed by atoms with Crippen molar-refractivity contribution >= 4 is 5.82 Å². The molecule has 2 N–H and O–H groups in total. The minimum absolute atomic E-state index is 0.487. The Hall–Kier alpha value is -2.68. The molecule has 0 bridgehead atoms. The molecule has 0 aliphatic carbocycles. The number of nitrogens with zero attached hydrogens (tertiary/aromatic N) is 2. The molecule has 0 aliphatic heterocycles. The van der Waals surface area contributed by atoms with Gasteiger partial charge in [-0.05, 0) is 18.1 Å². The largest absolute Gasteiger partial charge is 0.384 e. The predicted molar refractivity (Wildman–Crippen MR) is 86.7 cm³/mol. The monoisotopic (exact) mass is 275 g/mol. The van der Waals surface area contributed by atoms with Crippen LogP contribution >= 0.6 is 0 Å². The highest BCUT2D eigenvalue weighted by Crippen LogP contribution is 2.24. The molecule has 3 nitrogen and oxygen atoms in total. The van der Waals surface area contributed by atoms with Crippen LogP contribution in [0.25, 0.3) is 22.6 Å². The first-order valence-corrected chi connectivity index (χ1v) is 7.05. The third-order valence-corrected chi connectivity index (χ3v) is 3.41. The summed E-state index contributed by atoms with van der Waals surface area (Å²) in [6.45, 7) is 2.14. The van der Waals surface area contributed by atoms with Gasteiger partial charge in [0, 0.05) is 17.2 Å². The first-order valence-electron chi connectivity index (χ1n) is 7.05. The lowest BCUT2D eigenvalue weighted by molar-refractivity contribution is 1.13. The summed E-state index contributed by atoms with van der Waals surface area (Å²) in [5.74, 6) is 1.15. The van der Waals surface area contributed by atoms with Gasteiger partial charge >= 0.3 is 0 Å². The number of hydrogen-bond donors (Lipinski definition) is 1. The van der Waals surface area contributed by atoms with Gasteiger partial charge < -0.3 is 5.73 Å². The molecule has 0 fully saturated rings. The fourth-order valence-electron chi connectivity index (χ4n) is 2.28. The second kappa shape index (κ2) is 5.75. The lowest BCUT2D eigenvalue weighted by Gasteiger charge is -2.07. The molecule has 0 amide bonds. The molecule has 2 aromatic carbocycles. The van der Waals surface area contributed by atoms with E-state index < -0.39 is 0 Å². The number of anilines is 1. The number of aromatic nitrogens is 2. The molecule has 0 unspecified atom stereocenters. The summed E-state index contributed by atoms with van der Waals surface area (Å²) in [6, 6.07) is 20.1. The molecule has 0 aliphatic rings. The maximum atomic E-state index is 5.95. The third kappa shape index (κ3) is 2.92. The van der Waals surface area contributed by atoms with Crippen LogP contribution < -0.4 is 5.73 Å². The van der Waals surface area contributed by atoms with E-state index in [2.05, 4.69) is 41.2 Å². The first kappa shape index (κ1) is 13.3. The molecule has 1 heterocycles. The van der Waals surface area contributed by atoms with Crippen LogP contribution in [0.3, 0.4) is 0 Å². The fraction of sp³-hybridized carbons (Fsp3) is 0.111. The second-order valence-corrected chi connectivity index (χ2v) is 4.92. The van der Waals surface area contributed by atoms with E-state index in [1.54, 1.807) is 0 Å². The quantitative estimate of drug-likeness (QED) is 0.787. The zero-order valence-electron chi connectivity index (χ0n) is 12.0. The van der Waals surface area contributed by atoms with Crippen LogP contribution in [0.4, 0.5) is 5.82 Å². The number of rotatable bonds is 3. The van der Waals surface area contributed by atoms with Crippen molar-refractivity contribution in [3.05, 3.63) is 66.2 Å². The second-order valence-electron chi connectivity index (χ2n) is 4.92. The van der Waals surface area contributed by atoms with Gasteiger partial charge in [0.15, 0.2) is 5.82 Å². The molecule has 0 saturated carbocycles. The van der Waals surface area contributed by atoms with Gasteiger partial charge in [-0.25, -0.2) is 9.97 Å². The number of aryl methyl sites for hydroxylation is 1. The average molecular weight is 275 g/mol. The summed E-state index contributed by atoms with van der Waals surface area (Å²) in [5, 5.41) is 0. The number of nitrogen functional groups attached to an aromatic ring is 1. The van der Waals surface area contributed by atoms with Crippen molar-refractivity contribution in [1.82, 2.24) is 9.97 Å². The Labute approximate surface area is 124 Å². The molecule has 0 spiro atoms. The van der Waals surface area contributed by atoms with Crippen LogP contribution in [0.2, 0.25) is 0 Å². The van der Waals surface area contributed by atoms with Crippen LogP contribution in [-0.2, 0) is 6.42 Å². The van der Waals surface area contributed by atoms with E-state index in [9.17, 15) is 0 Å². The topological polar surface area (TPSA) is 51.8 Å². The Bertz CT molecular complexity index is 751. The van der Waals surface area contributed by atoms with Crippen LogP contribution in [0, 0.1) is 0 Å². The van der Waals surface area contributed by atoms with Gasteiger partial charge in [-0.2, -0.15) is 0 Å². The summed E-state index contributed by atoms with van der Waals surface area (Å²) < 4.78 is 0. The van der Waals surface area contributed by atoms with E-state index >= 15 is 0 Å². The van der Waals surface area contributed by atoms with Crippen molar-refractivity contribution < 1.29 is 0 Å². The lowest BCUT2D eigenvalue weighted by Crippen LogP contribution is -1.98. The molecule has 1 aromatic heterocycles. The number of hydrogen-bond acceptors (Lipinski definition) is 3. The van der Waals surface area contributed by atoms with Gasteiger partial charge in [-0.1, -0.05) is 55.5 Å². The van der Waals surface area contributed by atoms with Crippen molar-refractivity contribution in [2.75, 3.05) is 5.73 Å². The van der Waals surface area contributed by atoms with Crippen molar-refractivity contribution in [2.45, 2.75) is 13.3 Å². The Morgan fingerprint density at radius 2 is 1.62 bits per heavy atom. The highest BCUT2D eigenvalue weighted by atomic mass is 14.9. The zero-order chi connectivity index (χ0) is 14.7. The van der Waals surface area contributed by atoms with Crippen molar-refractivity contribution in [1.29, 1.82) is 0 Å². The highest BCUT2D eigenvalue weighted by molar-refractivity contribution is 5.67. The summed E-state index contributed by atoms with van der Waals surface area (Å²) in [4.78, 5) is 9.00. The van der Waals surface area contributed by atoms with Gasteiger partial charge in [0.25, 0.3) is 0 Å². The molecule has 104 valence electrons. The average Bonchev–Trinajstić information content (AvgIpc) is 2.55. The molecule has 3 aromatic rings.